The lowest BCUT2D eigenvalue weighted by Crippen LogP contribution is -2.44. The van der Waals surface area contributed by atoms with Gasteiger partial charge in [0.15, 0.2) is 22.9 Å². The van der Waals surface area contributed by atoms with Gasteiger partial charge in [0.2, 0.25) is 0 Å². The lowest BCUT2D eigenvalue weighted by molar-refractivity contribution is -0.0297. The van der Waals surface area contributed by atoms with Crippen molar-refractivity contribution in [2.75, 3.05) is 24.7 Å². The molecule has 19 nitrogen and oxygen atoms in total. The zero-order chi connectivity index (χ0) is 30.8. The van der Waals surface area contributed by atoms with E-state index in [1.165, 1.54) is 25.3 Å². The quantitative estimate of drug-likeness (QED) is 0.125. The van der Waals surface area contributed by atoms with Crippen molar-refractivity contribution in [3.05, 3.63) is 38.0 Å². The summed E-state index contributed by atoms with van der Waals surface area (Å²) in [4.78, 5) is 47.1. The normalized spacial score (nSPS) is 36.5. The van der Waals surface area contributed by atoms with Crippen molar-refractivity contribution < 1.29 is 32.9 Å². The van der Waals surface area contributed by atoms with E-state index >= 15 is 0 Å². The van der Waals surface area contributed by atoms with Crippen molar-refractivity contribution >= 4 is 60.2 Å². The molecule has 4 aromatic heterocycles. The molecule has 4 aromatic rings. The molecule has 7 heterocycles. The summed E-state index contributed by atoms with van der Waals surface area (Å²) in [7, 11) is -4.43. The molecule has 234 valence electrons. The standard InChI is InChI=1S/C22H28N12O7P2S/c1-2-10-15-13(41-22(10)34-9-30-17-19(24)26-7-28-21(17)34)5-38-42(35,36)31-11-3-14(40-12(11)4-39-43(37,44)32-15)33-8-29-16-18(23)25-6-27-20(16)33/h2,6-15,22H,1,3-5H2,(H2,23,25,27)(H2,24,26,28)(H2,31,35,36)(H2,32,37,44)/t10-,11+,12-,13-,14-,15+,22-,43?/m1/s1. The van der Waals surface area contributed by atoms with E-state index in [-0.39, 0.29) is 31.3 Å². The highest BCUT2D eigenvalue weighted by Gasteiger charge is 2.49. The second kappa shape index (κ2) is 11.1. The third-order valence-electron chi connectivity index (χ3n) is 7.79. The van der Waals surface area contributed by atoms with Crippen LogP contribution in [-0.4, -0.2) is 86.3 Å². The number of nitrogen functional groups attached to an aromatic ring is 2. The minimum absolute atomic E-state index is 0.190. The number of nitrogens with one attached hydrogen (secondary N) is 2. The first-order valence-electron chi connectivity index (χ1n) is 13.3. The second-order valence-electron chi connectivity index (χ2n) is 10.4. The van der Waals surface area contributed by atoms with Gasteiger partial charge in [-0.25, -0.2) is 44.6 Å². The molecule has 8 N–H and O–H groups in total. The van der Waals surface area contributed by atoms with Crippen LogP contribution in [0.5, 0.6) is 0 Å². The molecule has 3 fully saturated rings. The van der Waals surface area contributed by atoms with Crippen LogP contribution in [0.15, 0.2) is 38.0 Å². The number of anilines is 2. The molecular weight excluding hydrogens is 638 g/mol. The van der Waals surface area contributed by atoms with E-state index in [0.717, 1.165) is 0 Å². The summed E-state index contributed by atoms with van der Waals surface area (Å²) < 4.78 is 40.5. The predicted octanol–water partition coefficient (Wildman–Crippen LogP) is 0.0981. The zero-order valence-corrected chi connectivity index (χ0v) is 25.3. The Hall–Kier alpha value is -3.00. The summed E-state index contributed by atoms with van der Waals surface area (Å²) in [5, 5.41) is 5.67. The average Bonchev–Trinajstić information content (AvgIpc) is 3.75. The van der Waals surface area contributed by atoms with Gasteiger partial charge >= 0.3 is 7.75 Å². The van der Waals surface area contributed by atoms with E-state index in [9.17, 15) is 14.4 Å². The highest BCUT2D eigenvalue weighted by molar-refractivity contribution is 8.08. The first kappa shape index (κ1) is 29.7. The van der Waals surface area contributed by atoms with Crippen molar-refractivity contribution in [3.63, 3.8) is 0 Å². The van der Waals surface area contributed by atoms with Crippen LogP contribution in [0.25, 0.3) is 22.3 Å². The number of nitrogens with two attached hydrogens (primary N) is 2. The highest BCUT2D eigenvalue weighted by atomic mass is 32.5. The molecule has 3 aliphatic heterocycles. The van der Waals surface area contributed by atoms with Crippen LogP contribution < -0.4 is 21.6 Å². The lowest BCUT2D eigenvalue weighted by atomic mass is 9.98. The molecule has 0 amide bonds. The fourth-order valence-electron chi connectivity index (χ4n) is 5.76. The van der Waals surface area contributed by atoms with Crippen molar-refractivity contribution in [1.82, 2.24) is 49.2 Å². The molecule has 22 heteroatoms. The van der Waals surface area contributed by atoms with Gasteiger partial charge in [-0.1, -0.05) is 6.08 Å². The van der Waals surface area contributed by atoms with E-state index in [4.69, 9.17) is 41.8 Å². The van der Waals surface area contributed by atoms with Gasteiger partial charge < -0.3 is 35.3 Å². The van der Waals surface area contributed by atoms with Crippen LogP contribution in [0.1, 0.15) is 18.9 Å². The second-order valence-corrected chi connectivity index (χ2v) is 15.0. The zero-order valence-electron chi connectivity index (χ0n) is 22.7. The van der Waals surface area contributed by atoms with E-state index < -0.39 is 57.1 Å². The Morgan fingerprint density at radius 2 is 1.57 bits per heavy atom. The third kappa shape index (κ3) is 5.31. The SMILES string of the molecule is C=C[C@@H]1[C@@H]2NP(O)(=S)OC[C@H]3O[C@@H](n4cnc5c(N)ncnc54)C[C@@H]3NP(=O)(O)OC[C@H]2O[C@H]1n1cnc2c(N)ncnc21. The molecule has 0 spiro atoms. The molecule has 3 saturated heterocycles. The van der Waals surface area contributed by atoms with Gasteiger partial charge in [0, 0.05) is 12.3 Å². The van der Waals surface area contributed by atoms with Gasteiger partial charge in [-0.05, 0) is 11.8 Å². The van der Waals surface area contributed by atoms with Crippen LogP contribution in [0, 0.1) is 5.92 Å². The van der Waals surface area contributed by atoms with Crippen LogP contribution in [-0.2, 0) is 34.9 Å². The number of nitrogens with zero attached hydrogens (tertiary/aromatic N) is 8. The number of rotatable bonds is 3. The topological polar surface area (TPSA) is 258 Å². The third-order valence-corrected chi connectivity index (χ3v) is 10.7. The fraction of sp³-hybridized carbons (Fsp3) is 0.455. The molecule has 44 heavy (non-hydrogen) atoms. The Balaban J connectivity index is 1.16. The summed E-state index contributed by atoms with van der Waals surface area (Å²) in [5.41, 5.74) is 13.5. The summed E-state index contributed by atoms with van der Waals surface area (Å²) in [6.45, 7) is -0.327. The van der Waals surface area contributed by atoms with Gasteiger partial charge in [-0.2, -0.15) is 0 Å². The Labute approximate surface area is 253 Å². The van der Waals surface area contributed by atoms with Crippen molar-refractivity contribution in [3.8, 4) is 0 Å². The van der Waals surface area contributed by atoms with Crippen LogP contribution >= 0.6 is 14.4 Å². The van der Waals surface area contributed by atoms with E-state index in [1.54, 1.807) is 15.2 Å². The monoisotopic (exact) mass is 666 g/mol. The van der Waals surface area contributed by atoms with E-state index in [1.807, 2.05) is 0 Å². The fourth-order valence-corrected chi connectivity index (χ4v) is 8.56. The Kier molecular flexibility index (Phi) is 7.50. The number of hydrogen-bond acceptors (Lipinski definition) is 14. The number of fused-ring (bicyclic) bond motifs is 4. The van der Waals surface area contributed by atoms with Gasteiger partial charge in [0.25, 0.3) is 6.64 Å². The molecule has 0 aliphatic carbocycles. The Morgan fingerprint density at radius 3 is 2.25 bits per heavy atom. The number of ether oxygens (including phenoxy) is 2. The molecule has 0 aromatic carbocycles. The maximum absolute atomic E-state index is 13.3. The average molecular weight is 667 g/mol. The molecule has 0 radical (unpaired) electrons. The van der Waals surface area contributed by atoms with Gasteiger partial charge in [-0.15, -0.1) is 6.58 Å². The Morgan fingerprint density at radius 1 is 0.932 bits per heavy atom. The van der Waals surface area contributed by atoms with Crippen molar-refractivity contribution in [2.45, 2.75) is 43.2 Å². The van der Waals surface area contributed by atoms with Crippen molar-refractivity contribution in [2.24, 2.45) is 5.92 Å². The molecule has 2 unspecified atom stereocenters. The van der Waals surface area contributed by atoms with E-state index in [0.29, 0.717) is 22.3 Å². The molecule has 9 atom stereocenters. The number of imidazole rings is 2. The molecular formula is C22H28N12O7P2S. The van der Waals surface area contributed by atoms with Gasteiger partial charge in [0.05, 0.1) is 44.1 Å². The van der Waals surface area contributed by atoms with Gasteiger partial charge in [0.1, 0.15) is 42.2 Å². The lowest BCUT2D eigenvalue weighted by Gasteiger charge is -2.30. The highest BCUT2D eigenvalue weighted by Crippen LogP contribution is 2.49. The van der Waals surface area contributed by atoms with Crippen LogP contribution in [0.3, 0.4) is 0 Å². The van der Waals surface area contributed by atoms with Gasteiger partial charge in [-0.3, -0.25) is 13.7 Å². The van der Waals surface area contributed by atoms with Crippen LogP contribution in [0.4, 0.5) is 11.6 Å². The smallest absolute Gasteiger partial charge is 0.382 e. The molecule has 0 bridgehead atoms. The minimum atomic E-state index is -4.43. The minimum Gasteiger partial charge on any atom is -0.382 e. The first-order valence-corrected chi connectivity index (χ1v) is 17.6. The maximum atomic E-state index is 13.3. The summed E-state index contributed by atoms with van der Waals surface area (Å²) in [6.07, 6.45) is 4.26. The van der Waals surface area contributed by atoms with E-state index in [2.05, 4.69) is 46.7 Å². The van der Waals surface area contributed by atoms with Crippen molar-refractivity contribution in [1.29, 1.82) is 0 Å². The number of aromatic nitrogens is 8. The largest absolute Gasteiger partial charge is 0.403 e. The molecule has 7 rings (SSSR count). The summed E-state index contributed by atoms with van der Waals surface area (Å²) in [6, 6.07) is -1.50. The maximum Gasteiger partial charge on any atom is 0.403 e. The first-order chi connectivity index (χ1) is 21.0. The predicted molar refractivity (Wildman–Crippen MR) is 158 cm³/mol. The number of hydrogen-bond donors (Lipinski definition) is 6. The molecule has 0 saturated carbocycles. The summed E-state index contributed by atoms with van der Waals surface area (Å²) in [5.74, 6) is -0.158. The Bertz CT molecular complexity index is 1840. The molecule has 3 aliphatic rings. The summed E-state index contributed by atoms with van der Waals surface area (Å²) >= 11 is 5.49. The van der Waals surface area contributed by atoms with Crippen LogP contribution in [0.2, 0.25) is 0 Å².